The Morgan fingerprint density at radius 3 is 2.52 bits per heavy atom. The predicted molar refractivity (Wildman–Crippen MR) is 91.9 cm³/mol. The van der Waals surface area contributed by atoms with Crippen LogP contribution in [0.5, 0.6) is 0 Å². The van der Waals surface area contributed by atoms with Gasteiger partial charge in [0.1, 0.15) is 0 Å². The van der Waals surface area contributed by atoms with Crippen LogP contribution in [0.3, 0.4) is 0 Å². The lowest BCUT2D eigenvalue weighted by atomic mass is 10.2. The molecule has 0 aliphatic rings. The Labute approximate surface area is 138 Å². The predicted octanol–water partition coefficient (Wildman–Crippen LogP) is 4.35. The second-order valence-electron chi connectivity index (χ2n) is 5.17. The fraction of sp³-hybridized carbons (Fsp3) is 0.111. The molecule has 23 heavy (non-hydrogen) atoms. The number of fused-ring (bicyclic) bond motifs is 1. The number of benzene rings is 2. The molecule has 1 amide bonds. The first-order valence-electron chi connectivity index (χ1n) is 7.29. The van der Waals surface area contributed by atoms with Gasteiger partial charge < -0.3 is 5.32 Å². The minimum absolute atomic E-state index is 0.108. The van der Waals surface area contributed by atoms with Gasteiger partial charge in [-0.3, -0.25) is 14.2 Å². The fourth-order valence-electron chi connectivity index (χ4n) is 2.42. The molecule has 0 spiro atoms. The number of hydrogen-bond donors (Lipinski definition) is 1. The maximum Gasteiger partial charge on any atom is 0.231 e. The molecule has 5 heteroatoms. The number of amides is 1. The Kier molecular flexibility index (Phi) is 4.44. The van der Waals surface area contributed by atoms with E-state index < -0.39 is 0 Å². The number of nitrogens with zero attached hydrogens (tertiary/aromatic N) is 1. The standard InChI is InChI=1S/C18H15ClN2O2/c19-14-6-2-3-7-15(14)20-17(22)9-10-18(23)21-12-11-13-5-1-4-8-16(13)21/h1-8,11-12H,9-10H2,(H,20,22). The third-order valence-corrected chi connectivity index (χ3v) is 3.91. The number of para-hydroxylation sites is 2. The van der Waals surface area contributed by atoms with Gasteiger partial charge >= 0.3 is 0 Å². The van der Waals surface area contributed by atoms with E-state index >= 15 is 0 Å². The average molecular weight is 327 g/mol. The van der Waals surface area contributed by atoms with Gasteiger partial charge in [0.2, 0.25) is 11.8 Å². The number of anilines is 1. The number of rotatable bonds is 4. The zero-order chi connectivity index (χ0) is 16.2. The van der Waals surface area contributed by atoms with Crippen molar-refractivity contribution in [2.75, 3.05) is 5.32 Å². The molecule has 1 N–H and O–H groups in total. The summed E-state index contributed by atoms with van der Waals surface area (Å²) in [5, 5.41) is 4.19. The monoisotopic (exact) mass is 326 g/mol. The molecule has 116 valence electrons. The zero-order valence-electron chi connectivity index (χ0n) is 12.3. The summed E-state index contributed by atoms with van der Waals surface area (Å²) in [4.78, 5) is 24.3. The van der Waals surface area contributed by atoms with Crippen LogP contribution in [0.2, 0.25) is 5.02 Å². The molecule has 0 fully saturated rings. The van der Waals surface area contributed by atoms with E-state index in [-0.39, 0.29) is 24.7 Å². The van der Waals surface area contributed by atoms with E-state index in [1.807, 2.05) is 30.3 Å². The Morgan fingerprint density at radius 1 is 0.957 bits per heavy atom. The Hall–Kier alpha value is -2.59. The third kappa shape index (κ3) is 3.43. The summed E-state index contributed by atoms with van der Waals surface area (Å²) in [5.41, 5.74) is 1.40. The normalized spacial score (nSPS) is 10.7. The quantitative estimate of drug-likeness (QED) is 0.774. The van der Waals surface area contributed by atoms with E-state index in [9.17, 15) is 9.59 Å². The molecule has 1 aromatic heterocycles. The molecule has 0 bridgehead atoms. The number of aromatic nitrogens is 1. The molecule has 1 heterocycles. The maximum absolute atomic E-state index is 12.3. The molecule has 0 atom stereocenters. The summed E-state index contributed by atoms with van der Waals surface area (Å²) < 4.78 is 1.58. The highest BCUT2D eigenvalue weighted by Gasteiger charge is 2.12. The Bertz CT molecular complexity index is 870. The van der Waals surface area contributed by atoms with Gasteiger partial charge in [0.25, 0.3) is 0 Å². The molecule has 0 aliphatic heterocycles. The van der Waals surface area contributed by atoms with Crippen molar-refractivity contribution in [3.8, 4) is 0 Å². The third-order valence-electron chi connectivity index (χ3n) is 3.58. The Morgan fingerprint density at radius 2 is 1.70 bits per heavy atom. The lowest BCUT2D eigenvalue weighted by Gasteiger charge is -2.07. The highest BCUT2D eigenvalue weighted by Crippen LogP contribution is 2.21. The molecule has 2 aromatic carbocycles. The molecular formula is C18H15ClN2O2. The molecule has 0 aliphatic carbocycles. The first-order chi connectivity index (χ1) is 11.1. The highest BCUT2D eigenvalue weighted by molar-refractivity contribution is 6.33. The molecule has 0 unspecified atom stereocenters. The number of halogens is 1. The molecule has 3 aromatic rings. The summed E-state index contributed by atoms with van der Waals surface area (Å²) in [6.07, 6.45) is 1.98. The summed E-state index contributed by atoms with van der Waals surface area (Å²) >= 11 is 5.99. The van der Waals surface area contributed by atoms with Gasteiger partial charge in [0.05, 0.1) is 16.2 Å². The molecule has 3 rings (SSSR count). The summed E-state index contributed by atoms with van der Waals surface area (Å²) in [6.45, 7) is 0. The molecule has 4 nitrogen and oxygen atoms in total. The van der Waals surface area contributed by atoms with Crippen LogP contribution in [0.15, 0.2) is 60.8 Å². The van der Waals surface area contributed by atoms with E-state index in [0.29, 0.717) is 10.7 Å². The van der Waals surface area contributed by atoms with Gasteiger partial charge in [-0.05, 0) is 24.3 Å². The summed E-state index contributed by atoms with van der Waals surface area (Å²) in [6, 6.07) is 16.5. The zero-order valence-corrected chi connectivity index (χ0v) is 13.1. The molecular weight excluding hydrogens is 312 g/mol. The van der Waals surface area contributed by atoms with Gasteiger partial charge in [0, 0.05) is 24.4 Å². The Balaban J connectivity index is 1.63. The highest BCUT2D eigenvalue weighted by atomic mass is 35.5. The first kappa shape index (κ1) is 15.3. The van der Waals surface area contributed by atoms with Crippen LogP contribution >= 0.6 is 11.6 Å². The van der Waals surface area contributed by atoms with E-state index in [1.165, 1.54) is 0 Å². The van der Waals surface area contributed by atoms with Crippen LogP contribution in [-0.4, -0.2) is 16.4 Å². The van der Waals surface area contributed by atoms with Crippen molar-refractivity contribution in [2.45, 2.75) is 12.8 Å². The topological polar surface area (TPSA) is 51.1 Å². The minimum atomic E-state index is -0.233. The SMILES string of the molecule is O=C(CCC(=O)n1ccc2ccccc21)Nc1ccccc1Cl. The molecule has 0 saturated carbocycles. The van der Waals surface area contributed by atoms with Crippen molar-refractivity contribution >= 4 is 40.0 Å². The first-order valence-corrected chi connectivity index (χ1v) is 7.66. The molecule has 0 saturated heterocycles. The largest absolute Gasteiger partial charge is 0.325 e. The number of carbonyl (C=O) groups is 2. The van der Waals surface area contributed by atoms with Gasteiger partial charge in [-0.15, -0.1) is 0 Å². The maximum atomic E-state index is 12.3. The minimum Gasteiger partial charge on any atom is -0.325 e. The molecule has 0 radical (unpaired) electrons. The summed E-state index contributed by atoms with van der Waals surface area (Å²) in [7, 11) is 0. The smallest absolute Gasteiger partial charge is 0.231 e. The van der Waals surface area contributed by atoms with E-state index in [0.717, 1.165) is 10.9 Å². The summed E-state index contributed by atoms with van der Waals surface area (Å²) in [5.74, 6) is -0.344. The van der Waals surface area contributed by atoms with Crippen LogP contribution in [-0.2, 0) is 4.79 Å². The second-order valence-corrected chi connectivity index (χ2v) is 5.57. The van der Waals surface area contributed by atoms with Crippen LogP contribution in [0.1, 0.15) is 17.6 Å². The van der Waals surface area contributed by atoms with Gasteiger partial charge in [-0.1, -0.05) is 41.9 Å². The second kappa shape index (κ2) is 6.67. The van der Waals surface area contributed by atoms with Crippen molar-refractivity contribution in [1.82, 2.24) is 4.57 Å². The van der Waals surface area contributed by atoms with Crippen molar-refractivity contribution in [3.05, 3.63) is 65.8 Å². The van der Waals surface area contributed by atoms with Crippen LogP contribution in [0, 0.1) is 0 Å². The number of hydrogen-bond acceptors (Lipinski definition) is 2. The van der Waals surface area contributed by atoms with Crippen molar-refractivity contribution in [1.29, 1.82) is 0 Å². The average Bonchev–Trinajstić information content (AvgIpc) is 2.99. The fourth-order valence-corrected chi connectivity index (χ4v) is 2.60. The lowest BCUT2D eigenvalue weighted by Crippen LogP contribution is -2.16. The van der Waals surface area contributed by atoms with E-state index in [1.54, 1.807) is 35.0 Å². The van der Waals surface area contributed by atoms with Gasteiger partial charge in [-0.25, -0.2) is 0 Å². The number of nitrogens with one attached hydrogen (secondary N) is 1. The van der Waals surface area contributed by atoms with Crippen molar-refractivity contribution in [3.63, 3.8) is 0 Å². The van der Waals surface area contributed by atoms with Gasteiger partial charge in [-0.2, -0.15) is 0 Å². The van der Waals surface area contributed by atoms with Crippen LogP contribution < -0.4 is 5.32 Å². The lowest BCUT2D eigenvalue weighted by molar-refractivity contribution is -0.116. The van der Waals surface area contributed by atoms with Gasteiger partial charge in [0.15, 0.2) is 0 Å². The van der Waals surface area contributed by atoms with Crippen molar-refractivity contribution < 1.29 is 9.59 Å². The van der Waals surface area contributed by atoms with E-state index in [2.05, 4.69) is 5.32 Å². The van der Waals surface area contributed by atoms with Crippen LogP contribution in [0.25, 0.3) is 10.9 Å². The number of carbonyl (C=O) groups excluding carboxylic acids is 2. The van der Waals surface area contributed by atoms with Crippen molar-refractivity contribution in [2.24, 2.45) is 0 Å². The van der Waals surface area contributed by atoms with Crippen LogP contribution in [0.4, 0.5) is 5.69 Å². The van der Waals surface area contributed by atoms with E-state index in [4.69, 9.17) is 11.6 Å².